The first-order valence-corrected chi connectivity index (χ1v) is 10.3. The van der Waals surface area contributed by atoms with Crippen LogP contribution in [0.25, 0.3) is 11.4 Å². The van der Waals surface area contributed by atoms with Gasteiger partial charge < -0.3 is 18.9 Å². The van der Waals surface area contributed by atoms with Crippen LogP contribution in [0, 0.1) is 5.82 Å². The summed E-state index contributed by atoms with van der Waals surface area (Å²) in [6.07, 6.45) is 0. The Balaban J connectivity index is 1.57. The van der Waals surface area contributed by atoms with Crippen molar-refractivity contribution in [2.24, 2.45) is 0 Å². The molecule has 0 atom stereocenters. The van der Waals surface area contributed by atoms with Gasteiger partial charge in [0.1, 0.15) is 17.3 Å². The Kier molecular flexibility index (Phi) is 7.29. The molecule has 3 aromatic rings. The zero-order chi connectivity index (χ0) is 21.5. The van der Waals surface area contributed by atoms with Crippen LogP contribution in [0.15, 0.2) is 47.0 Å². The number of rotatable bonds is 9. The van der Waals surface area contributed by atoms with Crippen LogP contribution in [0.3, 0.4) is 0 Å². The fraction of sp³-hybridized carbons (Fsp3) is 0.286. The van der Waals surface area contributed by atoms with Crippen molar-refractivity contribution in [2.75, 3.05) is 27.0 Å². The number of amides is 1. The van der Waals surface area contributed by atoms with Crippen molar-refractivity contribution in [2.45, 2.75) is 12.3 Å². The van der Waals surface area contributed by atoms with Crippen LogP contribution in [0.2, 0.25) is 0 Å². The molecule has 2 aromatic carbocycles. The number of aromatic nitrogens is 2. The molecule has 1 aromatic heterocycles. The number of methoxy groups -OCH3 is 2. The molecule has 0 bridgehead atoms. The maximum absolute atomic E-state index is 13.6. The highest BCUT2D eigenvalue weighted by Crippen LogP contribution is 2.31. The number of hydrogen-bond acceptors (Lipinski definition) is 7. The lowest BCUT2D eigenvalue weighted by Crippen LogP contribution is -2.28. The van der Waals surface area contributed by atoms with Crippen molar-refractivity contribution in [3.8, 4) is 22.9 Å². The summed E-state index contributed by atoms with van der Waals surface area (Å²) in [6, 6.07) is 11.8. The van der Waals surface area contributed by atoms with Gasteiger partial charge in [-0.05, 0) is 23.8 Å². The second kappa shape index (κ2) is 10.1. The molecule has 0 radical (unpaired) electrons. The summed E-state index contributed by atoms with van der Waals surface area (Å²) in [5.74, 6) is 2.13. The Bertz CT molecular complexity index is 1010. The van der Waals surface area contributed by atoms with Gasteiger partial charge in [-0.3, -0.25) is 4.79 Å². The van der Waals surface area contributed by atoms with Crippen molar-refractivity contribution in [1.29, 1.82) is 0 Å². The van der Waals surface area contributed by atoms with Crippen LogP contribution in [-0.2, 0) is 17.1 Å². The van der Waals surface area contributed by atoms with E-state index in [1.54, 1.807) is 57.7 Å². The summed E-state index contributed by atoms with van der Waals surface area (Å²) >= 11 is 1.35. The van der Waals surface area contributed by atoms with Crippen LogP contribution in [0.5, 0.6) is 11.5 Å². The van der Waals surface area contributed by atoms with Gasteiger partial charge in [-0.25, -0.2) is 4.39 Å². The lowest BCUT2D eigenvalue weighted by atomic mass is 10.2. The Labute approximate surface area is 178 Å². The second-order valence-corrected chi connectivity index (χ2v) is 7.40. The number of thioether (sulfide) groups is 1. The van der Waals surface area contributed by atoms with E-state index in [-0.39, 0.29) is 24.0 Å². The number of hydrogen-bond donors (Lipinski definition) is 0. The smallest absolute Gasteiger partial charge is 0.246 e. The van der Waals surface area contributed by atoms with Crippen LogP contribution < -0.4 is 9.47 Å². The molecule has 0 saturated heterocycles. The highest BCUT2D eigenvalue weighted by atomic mass is 32.2. The standard InChI is InChI=1S/C21H22FN3O4S/c1-25(20(26)13-30-12-14-6-4-5-7-17(14)22)11-19-23-21(24-29-19)16-9-8-15(27-2)10-18(16)28-3/h4-10H,11-13H2,1-3H3. The third kappa shape index (κ3) is 5.29. The van der Waals surface area contributed by atoms with E-state index in [4.69, 9.17) is 14.0 Å². The van der Waals surface area contributed by atoms with Gasteiger partial charge in [-0.15, -0.1) is 11.8 Å². The summed E-state index contributed by atoms with van der Waals surface area (Å²) in [7, 11) is 4.77. The Hall–Kier alpha value is -3.07. The molecule has 0 aliphatic rings. The normalized spacial score (nSPS) is 10.7. The molecule has 0 fully saturated rings. The average Bonchev–Trinajstić information content (AvgIpc) is 3.22. The third-order valence-electron chi connectivity index (χ3n) is 4.36. The molecule has 0 saturated carbocycles. The van der Waals surface area contributed by atoms with Gasteiger partial charge in [-0.1, -0.05) is 23.4 Å². The minimum atomic E-state index is -0.266. The fourth-order valence-corrected chi connectivity index (χ4v) is 3.63. The first kappa shape index (κ1) is 21.6. The second-order valence-electron chi connectivity index (χ2n) is 6.41. The number of nitrogens with zero attached hydrogens (tertiary/aromatic N) is 3. The number of ether oxygens (including phenoxy) is 2. The van der Waals surface area contributed by atoms with E-state index in [9.17, 15) is 9.18 Å². The quantitative estimate of drug-likeness (QED) is 0.510. The predicted octanol–water partition coefficient (Wildman–Crippen LogP) is 3.78. The third-order valence-corrected chi connectivity index (χ3v) is 5.32. The van der Waals surface area contributed by atoms with Crippen molar-refractivity contribution in [3.63, 3.8) is 0 Å². The lowest BCUT2D eigenvalue weighted by Gasteiger charge is -2.14. The molecule has 1 heterocycles. The molecule has 0 unspecified atom stereocenters. The first-order chi connectivity index (χ1) is 14.5. The number of carbonyl (C=O) groups excluding carboxylic acids is 1. The van der Waals surface area contributed by atoms with Gasteiger partial charge in [0.2, 0.25) is 17.6 Å². The van der Waals surface area contributed by atoms with Gasteiger partial charge in [0.15, 0.2) is 0 Å². The largest absolute Gasteiger partial charge is 0.497 e. The van der Waals surface area contributed by atoms with E-state index in [0.29, 0.717) is 40.1 Å². The van der Waals surface area contributed by atoms with Gasteiger partial charge in [0.05, 0.1) is 32.1 Å². The molecule has 0 N–H and O–H groups in total. The van der Waals surface area contributed by atoms with E-state index in [1.807, 2.05) is 0 Å². The van der Waals surface area contributed by atoms with Gasteiger partial charge >= 0.3 is 0 Å². The van der Waals surface area contributed by atoms with Crippen molar-refractivity contribution >= 4 is 17.7 Å². The summed E-state index contributed by atoms with van der Waals surface area (Å²) in [4.78, 5) is 18.2. The molecule has 30 heavy (non-hydrogen) atoms. The lowest BCUT2D eigenvalue weighted by molar-refractivity contribution is -0.127. The highest BCUT2D eigenvalue weighted by Gasteiger charge is 2.17. The van der Waals surface area contributed by atoms with Gasteiger partial charge in [0, 0.05) is 18.9 Å². The highest BCUT2D eigenvalue weighted by molar-refractivity contribution is 7.99. The average molecular weight is 431 g/mol. The van der Waals surface area contributed by atoms with E-state index < -0.39 is 0 Å². The monoisotopic (exact) mass is 431 g/mol. The summed E-state index contributed by atoms with van der Waals surface area (Å²) in [5, 5.41) is 3.98. The molecule has 3 rings (SSSR count). The fourth-order valence-electron chi connectivity index (χ4n) is 2.68. The minimum Gasteiger partial charge on any atom is -0.497 e. The molecular weight excluding hydrogens is 409 g/mol. The minimum absolute atomic E-state index is 0.113. The van der Waals surface area contributed by atoms with Crippen LogP contribution in [0.4, 0.5) is 4.39 Å². The van der Waals surface area contributed by atoms with Crippen LogP contribution >= 0.6 is 11.8 Å². The Morgan fingerprint density at radius 1 is 1.20 bits per heavy atom. The summed E-state index contributed by atoms with van der Waals surface area (Å²) in [5.41, 5.74) is 1.23. The molecule has 7 nitrogen and oxygen atoms in total. The Morgan fingerprint density at radius 2 is 2.00 bits per heavy atom. The maximum atomic E-state index is 13.6. The molecule has 0 aliphatic carbocycles. The number of carbonyl (C=O) groups is 1. The van der Waals surface area contributed by atoms with E-state index in [2.05, 4.69) is 10.1 Å². The number of benzene rings is 2. The molecule has 0 spiro atoms. The summed E-state index contributed by atoms with van der Waals surface area (Å²) < 4.78 is 29.5. The summed E-state index contributed by atoms with van der Waals surface area (Å²) in [6.45, 7) is 0.171. The van der Waals surface area contributed by atoms with E-state index >= 15 is 0 Å². The van der Waals surface area contributed by atoms with Crippen molar-refractivity contribution in [1.82, 2.24) is 15.0 Å². The molecular formula is C21H22FN3O4S. The van der Waals surface area contributed by atoms with E-state index in [0.717, 1.165) is 0 Å². The maximum Gasteiger partial charge on any atom is 0.246 e. The zero-order valence-corrected chi connectivity index (χ0v) is 17.7. The predicted molar refractivity (Wildman–Crippen MR) is 112 cm³/mol. The van der Waals surface area contributed by atoms with Gasteiger partial charge in [-0.2, -0.15) is 4.98 Å². The SMILES string of the molecule is COc1ccc(-c2noc(CN(C)C(=O)CSCc3ccccc3F)n2)c(OC)c1. The molecule has 158 valence electrons. The van der Waals surface area contributed by atoms with Crippen LogP contribution in [-0.4, -0.2) is 48.0 Å². The first-order valence-electron chi connectivity index (χ1n) is 9.12. The Morgan fingerprint density at radius 3 is 2.73 bits per heavy atom. The molecule has 9 heteroatoms. The number of halogens is 1. The van der Waals surface area contributed by atoms with E-state index in [1.165, 1.54) is 22.7 Å². The van der Waals surface area contributed by atoms with Crippen molar-refractivity contribution in [3.05, 3.63) is 59.7 Å². The molecule has 0 aliphatic heterocycles. The van der Waals surface area contributed by atoms with Crippen molar-refractivity contribution < 1.29 is 23.2 Å². The molecule has 1 amide bonds. The zero-order valence-electron chi connectivity index (χ0n) is 16.9. The van der Waals surface area contributed by atoms with Gasteiger partial charge in [0.25, 0.3) is 0 Å². The van der Waals surface area contributed by atoms with Crippen LogP contribution in [0.1, 0.15) is 11.5 Å². The topological polar surface area (TPSA) is 77.7 Å².